The monoisotopic (exact) mass is 214 g/mol. The zero-order valence-electron chi connectivity index (χ0n) is 7.53. The number of hydrogen-bond donors (Lipinski definition) is 2. The number of halogens is 1. The number of nitrogens with two attached hydrogens (primary N) is 1. The summed E-state index contributed by atoms with van der Waals surface area (Å²) >= 11 is 5.64. The van der Waals surface area contributed by atoms with Gasteiger partial charge < -0.3 is 11.1 Å². The maximum atomic E-state index is 10.4. The SMILES string of the molecule is NC(=O)CCCNc1cc(Cl)ncn1. The van der Waals surface area contributed by atoms with Crippen molar-refractivity contribution < 1.29 is 4.79 Å². The zero-order valence-corrected chi connectivity index (χ0v) is 8.29. The Kier molecular flexibility index (Phi) is 4.12. The van der Waals surface area contributed by atoms with Gasteiger partial charge in [0.15, 0.2) is 0 Å². The first-order valence-corrected chi connectivity index (χ1v) is 4.56. The van der Waals surface area contributed by atoms with Gasteiger partial charge in [0, 0.05) is 19.0 Å². The van der Waals surface area contributed by atoms with E-state index < -0.39 is 0 Å². The molecule has 0 bridgehead atoms. The summed E-state index contributed by atoms with van der Waals surface area (Å²) in [6.45, 7) is 0.635. The minimum absolute atomic E-state index is 0.299. The summed E-state index contributed by atoms with van der Waals surface area (Å²) in [6.07, 6.45) is 2.42. The Bertz CT molecular complexity index is 318. The van der Waals surface area contributed by atoms with Gasteiger partial charge in [-0.3, -0.25) is 4.79 Å². The molecule has 0 aliphatic carbocycles. The van der Waals surface area contributed by atoms with Crippen LogP contribution in [0.25, 0.3) is 0 Å². The Balaban J connectivity index is 2.28. The number of nitrogens with one attached hydrogen (secondary N) is 1. The standard InChI is InChI=1S/C8H11ClN4O/c9-6-4-8(13-5-12-6)11-3-1-2-7(10)14/h4-5H,1-3H2,(H2,10,14)(H,11,12,13). The molecular formula is C8H11ClN4O. The van der Waals surface area contributed by atoms with Gasteiger partial charge in [-0.2, -0.15) is 0 Å². The van der Waals surface area contributed by atoms with Crippen molar-refractivity contribution in [2.24, 2.45) is 5.73 Å². The van der Waals surface area contributed by atoms with Crippen molar-refractivity contribution in [1.82, 2.24) is 9.97 Å². The van der Waals surface area contributed by atoms with E-state index in [0.717, 1.165) is 0 Å². The molecule has 0 aromatic carbocycles. The number of nitrogens with zero attached hydrogens (tertiary/aromatic N) is 2. The molecule has 0 saturated heterocycles. The van der Waals surface area contributed by atoms with Gasteiger partial charge in [-0.1, -0.05) is 11.6 Å². The zero-order chi connectivity index (χ0) is 10.4. The third-order valence-corrected chi connectivity index (χ3v) is 1.75. The van der Waals surface area contributed by atoms with Gasteiger partial charge in [0.2, 0.25) is 5.91 Å². The highest BCUT2D eigenvalue weighted by Gasteiger charge is 1.96. The summed E-state index contributed by atoms with van der Waals surface area (Å²) in [6, 6.07) is 1.62. The van der Waals surface area contributed by atoms with Crippen molar-refractivity contribution >= 4 is 23.3 Å². The maximum absolute atomic E-state index is 10.4. The number of carbonyl (C=O) groups excluding carboxylic acids is 1. The van der Waals surface area contributed by atoms with E-state index in [2.05, 4.69) is 15.3 Å². The van der Waals surface area contributed by atoms with Gasteiger partial charge in [-0.05, 0) is 6.42 Å². The Morgan fingerprint density at radius 3 is 3.00 bits per heavy atom. The second-order valence-electron chi connectivity index (χ2n) is 2.72. The number of aromatic nitrogens is 2. The average molecular weight is 215 g/mol. The molecule has 5 nitrogen and oxygen atoms in total. The third-order valence-electron chi connectivity index (χ3n) is 1.54. The summed E-state index contributed by atoms with van der Waals surface area (Å²) in [5.74, 6) is 0.349. The molecule has 14 heavy (non-hydrogen) atoms. The van der Waals surface area contributed by atoms with E-state index in [9.17, 15) is 4.79 Å². The van der Waals surface area contributed by atoms with Gasteiger partial charge in [-0.15, -0.1) is 0 Å². The Morgan fingerprint density at radius 2 is 2.36 bits per heavy atom. The van der Waals surface area contributed by atoms with E-state index in [4.69, 9.17) is 17.3 Å². The number of rotatable bonds is 5. The summed E-state index contributed by atoms with van der Waals surface area (Å²) in [5, 5.41) is 3.38. The van der Waals surface area contributed by atoms with Gasteiger partial charge in [0.05, 0.1) is 0 Å². The molecule has 1 aromatic rings. The van der Waals surface area contributed by atoms with Crippen LogP contribution in [-0.2, 0) is 4.79 Å². The Labute approximate surface area is 86.7 Å². The highest BCUT2D eigenvalue weighted by atomic mass is 35.5. The van der Waals surface area contributed by atoms with E-state index in [0.29, 0.717) is 30.4 Å². The molecule has 0 saturated carbocycles. The van der Waals surface area contributed by atoms with E-state index in [1.165, 1.54) is 6.33 Å². The predicted octanol–water partition coefficient (Wildman–Crippen LogP) is 0.807. The highest BCUT2D eigenvalue weighted by molar-refractivity contribution is 6.29. The first kappa shape index (κ1) is 10.7. The second-order valence-corrected chi connectivity index (χ2v) is 3.11. The molecule has 0 atom stereocenters. The summed E-state index contributed by atoms with van der Waals surface area (Å²) in [5.41, 5.74) is 4.98. The molecule has 0 unspecified atom stereocenters. The van der Waals surface area contributed by atoms with Crippen molar-refractivity contribution in [2.75, 3.05) is 11.9 Å². The molecule has 0 fully saturated rings. The van der Waals surface area contributed by atoms with Crippen LogP contribution in [0.2, 0.25) is 5.15 Å². The fourth-order valence-electron chi connectivity index (χ4n) is 0.909. The van der Waals surface area contributed by atoms with Crippen molar-refractivity contribution in [3.63, 3.8) is 0 Å². The number of carbonyl (C=O) groups is 1. The van der Waals surface area contributed by atoms with Crippen LogP contribution >= 0.6 is 11.6 Å². The van der Waals surface area contributed by atoms with E-state index in [-0.39, 0.29) is 5.91 Å². The molecule has 76 valence electrons. The minimum Gasteiger partial charge on any atom is -0.370 e. The van der Waals surface area contributed by atoms with Crippen molar-refractivity contribution in [3.05, 3.63) is 17.5 Å². The first-order valence-electron chi connectivity index (χ1n) is 4.18. The lowest BCUT2D eigenvalue weighted by Gasteiger charge is -2.03. The minimum atomic E-state index is -0.299. The second kappa shape index (κ2) is 5.39. The quantitative estimate of drug-likeness (QED) is 0.562. The van der Waals surface area contributed by atoms with Crippen LogP contribution in [0.1, 0.15) is 12.8 Å². The molecule has 0 aliphatic rings. The number of primary amides is 1. The van der Waals surface area contributed by atoms with Crippen molar-refractivity contribution in [2.45, 2.75) is 12.8 Å². The van der Waals surface area contributed by atoms with Crippen LogP contribution in [0, 0.1) is 0 Å². The average Bonchev–Trinajstić information content (AvgIpc) is 2.12. The molecule has 1 amide bonds. The van der Waals surface area contributed by atoms with Crippen LogP contribution in [0.15, 0.2) is 12.4 Å². The third kappa shape index (κ3) is 4.04. The molecule has 3 N–H and O–H groups in total. The van der Waals surface area contributed by atoms with E-state index in [1.54, 1.807) is 6.07 Å². The summed E-state index contributed by atoms with van der Waals surface area (Å²) < 4.78 is 0. The van der Waals surface area contributed by atoms with Gasteiger partial charge in [-0.25, -0.2) is 9.97 Å². The molecule has 0 aliphatic heterocycles. The molecule has 1 aromatic heterocycles. The lowest BCUT2D eigenvalue weighted by Crippen LogP contribution is -2.13. The summed E-state index contributed by atoms with van der Waals surface area (Å²) in [7, 11) is 0. The molecule has 0 radical (unpaired) electrons. The van der Waals surface area contributed by atoms with Gasteiger partial charge in [0.1, 0.15) is 17.3 Å². The predicted molar refractivity (Wildman–Crippen MR) is 54.0 cm³/mol. The smallest absolute Gasteiger partial charge is 0.217 e. The lowest BCUT2D eigenvalue weighted by atomic mass is 10.3. The Morgan fingerprint density at radius 1 is 1.57 bits per heavy atom. The Hall–Kier alpha value is -1.36. The number of anilines is 1. The number of hydrogen-bond acceptors (Lipinski definition) is 4. The van der Waals surface area contributed by atoms with Crippen LogP contribution in [0.4, 0.5) is 5.82 Å². The topological polar surface area (TPSA) is 80.9 Å². The molecule has 0 spiro atoms. The van der Waals surface area contributed by atoms with Crippen LogP contribution < -0.4 is 11.1 Å². The largest absolute Gasteiger partial charge is 0.370 e. The summed E-state index contributed by atoms with van der Waals surface area (Å²) in [4.78, 5) is 18.1. The molecule has 6 heteroatoms. The van der Waals surface area contributed by atoms with E-state index in [1.807, 2.05) is 0 Å². The van der Waals surface area contributed by atoms with Gasteiger partial charge >= 0.3 is 0 Å². The molecule has 1 heterocycles. The van der Waals surface area contributed by atoms with Crippen molar-refractivity contribution in [3.8, 4) is 0 Å². The fourth-order valence-corrected chi connectivity index (χ4v) is 1.06. The molecular weight excluding hydrogens is 204 g/mol. The highest BCUT2D eigenvalue weighted by Crippen LogP contribution is 2.08. The lowest BCUT2D eigenvalue weighted by molar-refractivity contribution is -0.118. The first-order chi connectivity index (χ1) is 6.68. The fraction of sp³-hybridized carbons (Fsp3) is 0.375. The van der Waals surface area contributed by atoms with Gasteiger partial charge in [0.25, 0.3) is 0 Å². The normalized spacial score (nSPS) is 9.79. The van der Waals surface area contributed by atoms with E-state index >= 15 is 0 Å². The van der Waals surface area contributed by atoms with Crippen LogP contribution in [0.5, 0.6) is 0 Å². The van der Waals surface area contributed by atoms with Crippen LogP contribution in [-0.4, -0.2) is 22.4 Å². The molecule has 1 rings (SSSR count). The number of amides is 1. The van der Waals surface area contributed by atoms with Crippen LogP contribution in [0.3, 0.4) is 0 Å². The van der Waals surface area contributed by atoms with Crippen molar-refractivity contribution in [1.29, 1.82) is 0 Å². The maximum Gasteiger partial charge on any atom is 0.217 e.